The van der Waals surface area contributed by atoms with Crippen LogP contribution in [-0.2, 0) is 22.6 Å². The smallest absolute Gasteiger partial charge is 0.225 e. The van der Waals surface area contributed by atoms with E-state index >= 15 is 0 Å². The third kappa shape index (κ3) is 4.67. The van der Waals surface area contributed by atoms with Crippen molar-refractivity contribution in [2.45, 2.75) is 32.2 Å². The van der Waals surface area contributed by atoms with E-state index in [9.17, 15) is 9.59 Å². The van der Waals surface area contributed by atoms with Crippen molar-refractivity contribution in [3.8, 4) is 0 Å². The molecule has 0 radical (unpaired) electrons. The van der Waals surface area contributed by atoms with E-state index in [1.165, 1.54) is 10.9 Å². The maximum Gasteiger partial charge on any atom is 0.225 e. The first-order chi connectivity index (χ1) is 14.2. The summed E-state index contributed by atoms with van der Waals surface area (Å²) in [5.74, 6) is 0.0586. The second kappa shape index (κ2) is 8.95. The number of likely N-dealkylation sites (tertiary alicyclic amines) is 1. The van der Waals surface area contributed by atoms with Crippen molar-refractivity contribution < 1.29 is 9.59 Å². The van der Waals surface area contributed by atoms with E-state index in [-0.39, 0.29) is 17.7 Å². The highest BCUT2D eigenvalue weighted by Crippen LogP contribution is 2.21. The zero-order chi connectivity index (χ0) is 20.1. The summed E-state index contributed by atoms with van der Waals surface area (Å²) in [4.78, 5) is 30.5. The number of rotatable bonds is 6. The predicted molar refractivity (Wildman–Crippen MR) is 114 cm³/mol. The van der Waals surface area contributed by atoms with E-state index in [0.717, 1.165) is 30.5 Å². The zero-order valence-electron chi connectivity index (χ0n) is 16.6. The van der Waals surface area contributed by atoms with Gasteiger partial charge in [0.15, 0.2) is 0 Å². The number of carbonyl (C=O) groups is 2. The summed E-state index contributed by atoms with van der Waals surface area (Å²) >= 11 is 0. The average molecular weight is 389 g/mol. The zero-order valence-corrected chi connectivity index (χ0v) is 16.6. The van der Waals surface area contributed by atoms with E-state index in [1.807, 2.05) is 59.6 Å². The molecule has 1 saturated heterocycles. The van der Waals surface area contributed by atoms with Crippen LogP contribution in [0.25, 0.3) is 10.9 Å². The van der Waals surface area contributed by atoms with Gasteiger partial charge in [0.25, 0.3) is 0 Å². The molecule has 1 aliphatic heterocycles. The number of nitrogens with one attached hydrogen (secondary N) is 2. The molecule has 5 heteroatoms. The number of para-hydroxylation sites is 1. The Morgan fingerprint density at radius 1 is 1.07 bits per heavy atom. The van der Waals surface area contributed by atoms with Crippen molar-refractivity contribution in [2.75, 3.05) is 13.1 Å². The van der Waals surface area contributed by atoms with Gasteiger partial charge in [0.2, 0.25) is 11.8 Å². The Kier molecular flexibility index (Phi) is 5.94. The molecule has 0 spiro atoms. The molecular formula is C24H27N3O2. The lowest BCUT2D eigenvalue weighted by atomic mass is 9.96. The van der Waals surface area contributed by atoms with Gasteiger partial charge in [-0.3, -0.25) is 9.59 Å². The van der Waals surface area contributed by atoms with Gasteiger partial charge < -0.3 is 15.2 Å². The topological polar surface area (TPSA) is 65.2 Å². The Bertz CT molecular complexity index is 980. The van der Waals surface area contributed by atoms with E-state index in [0.29, 0.717) is 25.9 Å². The monoisotopic (exact) mass is 389 g/mol. The number of carbonyl (C=O) groups excluding carboxylic acids is 2. The van der Waals surface area contributed by atoms with Gasteiger partial charge in [-0.1, -0.05) is 48.5 Å². The van der Waals surface area contributed by atoms with Crippen molar-refractivity contribution >= 4 is 22.7 Å². The molecule has 5 nitrogen and oxygen atoms in total. The number of nitrogens with zero attached hydrogens (tertiary/aromatic N) is 1. The number of aryl methyl sites for hydroxylation is 1. The van der Waals surface area contributed by atoms with E-state index in [2.05, 4.69) is 16.4 Å². The number of hydrogen-bond acceptors (Lipinski definition) is 2. The fraction of sp³-hybridized carbons (Fsp3) is 0.333. The average Bonchev–Trinajstić information content (AvgIpc) is 3.20. The molecule has 1 unspecified atom stereocenters. The number of amides is 2. The lowest BCUT2D eigenvalue weighted by Crippen LogP contribution is -2.45. The second-order valence-electron chi connectivity index (χ2n) is 7.74. The minimum atomic E-state index is -0.121. The van der Waals surface area contributed by atoms with Crippen LogP contribution in [0.5, 0.6) is 0 Å². The molecule has 2 N–H and O–H groups in total. The first-order valence-corrected chi connectivity index (χ1v) is 10.3. The van der Waals surface area contributed by atoms with E-state index in [4.69, 9.17) is 0 Å². The summed E-state index contributed by atoms with van der Waals surface area (Å²) in [6.07, 6.45) is 4.90. The fourth-order valence-corrected chi connectivity index (χ4v) is 4.09. The molecule has 150 valence electrons. The van der Waals surface area contributed by atoms with Crippen LogP contribution in [0.1, 0.15) is 30.4 Å². The summed E-state index contributed by atoms with van der Waals surface area (Å²) < 4.78 is 0. The highest BCUT2D eigenvalue weighted by Gasteiger charge is 2.28. The Hall–Kier alpha value is -3.08. The molecule has 2 heterocycles. The van der Waals surface area contributed by atoms with Gasteiger partial charge in [-0.15, -0.1) is 0 Å². The van der Waals surface area contributed by atoms with Crippen LogP contribution in [0.3, 0.4) is 0 Å². The molecule has 0 saturated carbocycles. The number of aromatic amines is 1. The molecule has 3 aromatic rings. The summed E-state index contributed by atoms with van der Waals surface area (Å²) in [6.45, 7) is 1.80. The molecule has 4 rings (SSSR count). The quantitative estimate of drug-likeness (QED) is 0.676. The van der Waals surface area contributed by atoms with Crippen LogP contribution in [-0.4, -0.2) is 34.8 Å². The fourth-order valence-electron chi connectivity index (χ4n) is 4.09. The minimum Gasteiger partial charge on any atom is -0.361 e. The number of piperidine rings is 1. The Balaban J connectivity index is 1.29. The lowest BCUT2D eigenvalue weighted by Gasteiger charge is -2.32. The molecule has 1 aromatic heterocycles. The van der Waals surface area contributed by atoms with Crippen molar-refractivity contribution in [3.05, 3.63) is 71.9 Å². The number of aromatic nitrogens is 1. The van der Waals surface area contributed by atoms with Gasteiger partial charge in [0.05, 0.1) is 5.92 Å². The number of hydrogen-bond donors (Lipinski definition) is 2. The summed E-state index contributed by atoms with van der Waals surface area (Å²) in [6, 6.07) is 18.1. The number of benzene rings is 2. The van der Waals surface area contributed by atoms with Crippen LogP contribution in [0.4, 0.5) is 0 Å². The standard InChI is InChI=1S/C24H27N3O2/c28-23(13-12-19-16-25-22-11-5-4-10-21(19)22)27-14-6-9-20(17-27)24(29)26-15-18-7-2-1-3-8-18/h1-5,7-8,10-11,16,20,25H,6,9,12-15,17H2,(H,26,29). The van der Waals surface area contributed by atoms with Crippen LogP contribution in [0.2, 0.25) is 0 Å². The maximum absolute atomic E-state index is 12.8. The van der Waals surface area contributed by atoms with Crippen LogP contribution in [0.15, 0.2) is 60.8 Å². The third-order valence-corrected chi connectivity index (χ3v) is 5.74. The third-order valence-electron chi connectivity index (χ3n) is 5.74. The molecular weight excluding hydrogens is 362 g/mol. The maximum atomic E-state index is 12.8. The Morgan fingerprint density at radius 3 is 2.72 bits per heavy atom. The van der Waals surface area contributed by atoms with Crippen molar-refractivity contribution in [1.82, 2.24) is 15.2 Å². The van der Waals surface area contributed by atoms with Crippen LogP contribution < -0.4 is 5.32 Å². The lowest BCUT2D eigenvalue weighted by molar-refractivity contribution is -0.135. The van der Waals surface area contributed by atoms with Gasteiger partial charge in [0.1, 0.15) is 0 Å². The summed E-state index contributed by atoms with van der Waals surface area (Å²) in [7, 11) is 0. The Morgan fingerprint density at radius 2 is 1.86 bits per heavy atom. The molecule has 0 aliphatic carbocycles. The van der Waals surface area contributed by atoms with Gasteiger partial charge in [-0.2, -0.15) is 0 Å². The van der Waals surface area contributed by atoms with Gasteiger partial charge in [-0.25, -0.2) is 0 Å². The van der Waals surface area contributed by atoms with Crippen LogP contribution >= 0.6 is 0 Å². The molecule has 2 aromatic carbocycles. The second-order valence-corrected chi connectivity index (χ2v) is 7.74. The summed E-state index contributed by atoms with van der Waals surface area (Å²) in [5.41, 5.74) is 3.36. The van der Waals surface area contributed by atoms with Crippen LogP contribution in [0, 0.1) is 5.92 Å². The predicted octanol–water partition coefficient (Wildman–Crippen LogP) is 3.66. The van der Waals surface area contributed by atoms with E-state index < -0.39 is 0 Å². The molecule has 2 amide bonds. The first-order valence-electron chi connectivity index (χ1n) is 10.3. The molecule has 1 fully saturated rings. The minimum absolute atomic E-state index is 0.0444. The molecule has 0 bridgehead atoms. The van der Waals surface area contributed by atoms with Gasteiger partial charge in [-0.05, 0) is 36.5 Å². The highest BCUT2D eigenvalue weighted by atomic mass is 16.2. The first kappa shape index (κ1) is 19.2. The highest BCUT2D eigenvalue weighted by molar-refractivity contribution is 5.84. The number of H-pyrrole nitrogens is 1. The van der Waals surface area contributed by atoms with Gasteiger partial charge in [0, 0.05) is 43.2 Å². The number of fused-ring (bicyclic) bond motifs is 1. The van der Waals surface area contributed by atoms with E-state index in [1.54, 1.807) is 0 Å². The summed E-state index contributed by atoms with van der Waals surface area (Å²) in [5, 5.41) is 4.20. The SMILES string of the molecule is O=C(NCc1ccccc1)C1CCCN(C(=O)CCc2c[nH]c3ccccc23)C1. The molecule has 1 aliphatic rings. The largest absolute Gasteiger partial charge is 0.361 e. The van der Waals surface area contributed by atoms with Gasteiger partial charge >= 0.3 is 0 Å². The van der Waals surface area contributed by atoms with Crippen molar-refractivity contribution in [2.24, 2.45) is 5.92 Å². The molecule has 1 atom stereocenters. The van der Waals surface area contributed by atoms with Crippen molar-refractivity contribution in [1.29, 1.82) is 0 Å². The molecule has 29 heavy (non-hydrogen) atoms. The van der Waals surface area contributed by atoms with Crippen molar-refractivity contribution in [3.63, 3.8) is 0 Å². The Labute approximate surface area is 171 Å². The normalized spacial score (nSPS) is 16.7.